The second kappa shape index (κ2) is 9.81. The van der Waals surface area contributed by atoms with E-state index in [1.807, 2.05) is 0 Å². The maximum Gasteiger partial charge on any atom is 0.326 e. The molecule has 1 atom stereocenters. The van der Waals surface area contributed by atoms with Gasteiger partial charge in [-0.15, -0.1) is 0 Å². The van der Waals surface area contributed by atoms with Gasteiger partial charge in [0.2, 0.25) is 0 Å². The number of halogens is 1. The summed E-state index contributed by atoms with van der Waals surface area (Å²) in [6, 6.07) is 13.1. The molecule has 8 nitrogen and oxygen atoms in total. The zero-order valence-corrected chi connectivity index (χ0v) is 14.9. The first-order valence-corrected chi connectivity index (χ1v) is 8.25. The van der Waals surface area contributed by atoms with Gasteiger partial charge in [0.15, 0.2) is 6.10 Å². The number of carbonyl (C=O) groups is 4. The largest absolute Gasteiger partial charge is 0.451 e. The van der Waals surface area contributed by atoms with Gasteiger partial charge >= 0.3 is 5.97 Å². The van der Waals surface area contributed by atoms with Gasteiger partial charge in [-0.25, -0.2) is 4.39 Å². The van der Waals surface area contributed by atoms with E-state index in [-0.39, 0.29) is 5.56 Å². The summed E-state index contributed by atoms with van der Waals surface area (Å²) in [5, 5.41) is 2.26. The van der Waals surface area contributed by atoms with Crippen LogP contribution in [0.2, 0.25) is 0 Å². The highest BCUT2D eigenvalue weighted by Crippen LogP contribution is 2.03. The normalized spacial score (nSPS) is 11.1. The van der Waals surface area contributed by atoms with Crippen LogP contribution in [0.4, 0.5) is 4.39 Å². The van der Waals surface area contributed by atoms with Crippen molar-refractivity contribution < 1.29 is 28.3 Å². The SMILES string of the molecule is C[C@H](OC(=O)CNC(=O)c1cccc(F)c1)C(=O)NNC(=O)c1ccccc1. The molecular formula is C19H18FN3O5. The van der Waals surface area contributed by atoms with Crippen molar-refractivity contribution in [1.82, 2.24) is 16.2 Å². The molecule has 0 fully saturated rings. The van der Waals surface area contributed by atoms with E-state index in [2.05, 4.69) is 16.2 Å². The molecule has 0 heterocycles. The van der Waals surface area contributed by atoms with Crippen LogP contribution in [0, 0.1) is 5.82 Å². The number of amides is 3. The molecule has 0 unspecified atom stereocenters. The van der Waals surface area contributed by atoms with Crippen LogP contribution in [-0.2, 0) is 14.3 Å². The van der Waals surface area contributed by atoms with Crippen LogP contribution < -0.4 is 16.2 Å². The summed E-state index contributed by atoms with van der Waals surface area (Å²) in [7, 11) is 0. The first kappa shape index (κ1) is 20.6. The lowest BCUT2D eigenvalue weighted by molar-refractivity contribution is -0.154. The van der Waals surface area contributed by atoms with Crippen molar-refractivity contribution in [3.05, 3.63) is 71.5 Å². The van der Waals surface area contributed by atoms with Crippen molar-refractivity contribution in [3.8, 4) is 0 Å². The average Bonchev–Trinajstić information content (AvgIpc) is 2.70. The maximum absolute atomic E-state index is 13.1. The summed E-state index contributed by atoms with van der Waals surface area (Å²) in [6.07, 6.45) is -1.21. The van der Waals surface area contributed by atoms with E-state index in [4.69, 9.17) is 4.74 Å². The van der Waals surface area contributed by atoms with Gasteiger partial charge in [0.1, 0.15) is 12.4 Å². The van der Waals surface area contributed by atoms with E-state index in [1.54, 1.807) is 30.3 Å². The van der Waals surface area contributed by atoms with Crippen molar-refractivity contribution in [2.75, 3.05) is 6.54 Å². The summed E-state index contributed by atoms with van der Waals surface area (Å²) in [5.41, 5.74) is 4.72. The molecule has 0 spiro atoms. The molecule has 2 aromatic rings. The molecule has 2 aromatic carbocycles. The van der Waals surface area contributed by atoms with E-state index in [0.29, 0.717) is 5.56 Å². The molecule has 3 amide bonds. The second-order valence-corrected chi connectivity index (χ2v) is 5.63. The Kier molecular flexibility index (Phi) is 7.21. The molecule has 0 bridgehead atoms. The van der Waals surface area contributed by atoms with Crippen molar-refractivity contribution in [3.63, 3.8) is 0 Å². The quantitative estimate of drug-likeness (QED) is 0.504. The Labute approximate surface area is 160 Å². The molecular weight excluding hydrogens is 369 g/mol. The molecule has 0 saturated heterocycles. The van der Waals surface area contributed by atoms with E-state index in [1.165, 1.54) is 25.1 Å². The fraction of sp³-hybridized carbons (Fsp3) is 0.158. The molecule has 0 aliphatic heterocycles. The molecule has 0 aliphatic rings. The molecule has 0 aromatic heterocycles. The van der Waals surface area contributed by atoms with E-state index in [9.17, 15) is 23.6 Å². The molecule has 2 rings (SSSR count). The third-order valence-corrected chi connectivity index (χ3v) is 3.49. The van der Waals surface area contributed by atoms with Crippen LogP contribution in [0.15, 0.2) is 54.6 Å². The Morgan fingerprint density at radius 2 is 1.61 bits per heavy atom. The predicted octanol–water partition coefficient (Wildman–Crippen LogP) is 0.948. The van der Waals surface area contributed by atoms with Gasteiger partial charge in [-0.2, -0.15) is 0 Å². The number of carbonyl (C=O) groups excluding carboxylic acids is 4. The Morgan fingerprint density at radius 1 is 0.929 bits per heavy atom. The van der Waals surface area contributed by atoms with Gasteiger partial charge in [-0.05, 0) is 37.3 Å². The fourth-order valence-corrected chi connectivity index (χ4v) is 2.06. The summed E-state index contributed by atoms with van der Waals surface area (Å²) < 4.78 is 17.9. The number of hydrogen-bond donors (Lipinski definition) is 3. The van der Waals surface area contributed by atoms with Crippen molar-refractivity contribution in [2.45, 2.75) is 13.0 Å². The average molecular weight is 387 g/mol. The number of hydrogen-bond acceptors (Lipinski definition) is 5. The van der Waals surface area contributed by atoms with Gasteiger partial charge < -0.3 is 10.1 Å². The highest BCUT2D eigenvalue weighted by molar-refractivity contribution is 5.97. The zero-order chi connectivity index (χ0) is 20.5. The Hall–Kier alpha value is -3.75. The molecule has 0 radical (unpaired) electrons. The summed E-state index contributed by atoms with van der Waals surface area (Å²) >= 11 is 0. The van der Waals surface area contributed by atoms with Gasteiger partial charge in [-0.3, -0.25) is 30.0 Å². The maximum atomic E-state index is 13.1. The third-order valence-electron chi connectivity index (χ3n) is 3.49. The number of esters is 1. The summed E-state index contributed by atoms with van der Waals surface area (Å²) in [6.45, 7) is 0.791. The van der Waals surface area contributed by atoms with E-state index >= 15 is 0 Å². The predicted molar refractivity (Wildman–Crippen MR) is 96.3 cm³/mol. The third kappa shape index (κ3) is 6.20. The first-order chi connectivity index (χ1) is 13.4. The highest BCUT2D eigenvalue weighted by Gasteiger charge is 2.19. The molecule has 0 saturated carbocycles. The molecule has 9 heteroatoms. The van der Waals surface area contributed by atoms with Crippen LogP contribution in [0.3, 0.4) is 0 Å². The number of hydrazine groups is 1. The lowest BCUT2D eigenvalue weighted by atomic mass is 10.2. The van der Waals surface area contributed by atoms with Gasteiger partial charge in [0.05, 0.1) is 0 Å². The standard InChI is InChI=1S/C19H18FN3O5/c1-12(17(25)22-23-19(27)13-6-3-2-4-7-13)28-16(24)11-21-18(26)14-8-5-9-15(20)10-14/h2-10,12H,11H2,1H3,(H,21,26)(H,22,25)(H,23,27)/t12-/m0/s1. The lowest BCUT2D eigenvalue weighted by Gasteiger charge is -2.14. The van der Waals surface area contributed by atoms with Gasteiger partial charge in [0.25, 0.3) is 17.7 Å². The number of ether oxygens (including phenoxy) is 1. The van der Waals surface area contributed by atoms with Crippen LogP contribution >= 0.6 is 0 Å². The highest BCUT2D eigenvalue weighted by atomic mass is 19.1. The number of benzene rings is 2. The minimum Gasteiger partial charge on any atom is -0.451 e. The van der Waals surface area contributed by atoms with Crippen molar-refractivity contribution in [2.24, 2.45) is 0 Å². The second-order valence-electron chi connectivity index (χ2n) is 5.63. The van der Waals surface area contributed by atoms with Crippen LogP contribution in [0.5, 0.6) is 0 Å². The topological polar surface area (TPSA) is 114 Å². The molecule has 0 aliphatic carbocycles. The Balaban J connectivity index is 1.74. The van der Waals surface area contributed by atoms with E-state index < -0.39 is 42.2 Å². The van der Waals surface area contributed by atoms with Crippen LogP contribution in [0.1, 0.15) is 27.6 Å². The summed E-state index contributed by atoms with van der Waals surface area (Å²) in [5.74, 6) is -3.41. The summed E-state index contributed by atoms with van der Waals surface area (Å²) in [4.78, 5) is 47.3. The van der Waals surface area contributed by atoms with Gasteiger partial charge in [-0.1, -0.05) is 24.3 Å². The van der Waals surface area contributed by atoms with Crippen molar-refractivity contribution in [1.29, 1.82) is 0 Å². The zero-order valence-electron chi connectivity index (χ0n) is 14.9. The monoisotopic (exact) mass is 387 g/mol. The minimum atomic E-state index is -1.21. The van der Waals surface area contributed by atoms with E-state index in [0.717, 1.165) is 6.07 Å². The van der Waals surface area contributed by atoms with Crippen molar-refractivity contribution >= 4 is 23.7 Å². The van der Waals surface area contributed by atoms with Gasteiger partial charge in [0, 0.05) is 11.1 Å². The molecule has 146 valence electrons. The number of nitrogens with one attached hydrogen (secondary N) is 3. The molecule has 3 N–H and O–H groups in total. The van der Waals surface area contributed by atoms with Crippen LogP contribution in [-0.4, -0.2) is 36.3 Å². The fourth-order valence-electron chi connectivity index (χ4n) is 2.06. The minimum absolute atomic E-state index is 0.0437. The van der Waals surface area contributed by atoms with Crippen LogP contribution in [0.25, 0.3) is 0 Å². The molecule has 28 heavy (non-hydrogen) atoms. The number of rotatable bonds is 6. The Bertz CT molecular complexity index is 873. The lowest BCUT2D eigenvalue weighted by Crippen LogP contribution is -2.47. The Morgan fingerprint density at radius 3 is 2.29 bits per heavy atom. The first-order valence-electron chi connectivity index (χ1n) is 8.25. The smallest absolute Gasteiger partial charge is 0.326 e.